The highest BCUT2D eigenvalue weighted by Crippen LogP contribution is 2.30. The summed E-state index contributed by atoms with van der Waals surface area (Å²) in [5, 5.41) is -0.245. The quantitative estimate of drug-likeness (QED) is 0.676. The molecule has 15 heavy (non-hydrogen) atoms. The van der Waals surface area contributed by atoms with Gasteiger partial charge in [0.25, 0.3) is 0 Å². The maximum atomic E-state index is 11.9. The van der Waals surface area contributed by atoms with Gasteiger partial charge in [0, 0.05) is 0 Å². The monoisotopic (exact) mass is 234 g/mol. The van der Waals surface area contributed by atoms with Gasteiger partial charge in [0.15, 0.2) is 9.84 Å². The van der Waals surface area contributed by atoms with E-state index in [1.165, 1.54) is 0 Å². The van der Waals surface area contributed by atoms with Crippen molar-refractivity contribution in [2.45, 2.75) is 65.6 Å². The standard InChI is InChI=1S/C12H26O2S/c1-6-8-9-12(5,7-2)10-15(13,14)11(3)4/h11H,6-10H2,1-5H3. The van der Waals surface area contributed by atoms with E-state index in [2.05, 4.69) is 20.8 Å². The van der Waals surface area contributed by atoms with Crippen LogP contribution >= 0.6 is 0 Å². The van der Waals surface area contributed by atoms with Gasteiger partial charge in [-0.1, -0.05) is 33.6 Å². The molecule has 0 aliphatic heterocycles. The Bertz CT molecular complexity index is 267. The number of rotatable bonds is 7. The summed E-state index contributed by atoms with van der Waals surface area (Å²) in [5.74, 6) is 0.341. The summed E-state index contributed by atoms with van der Waals surface area (Å²) in [6, 6.07) is 0. The first-order chi connectivity index (χ1) is 6.77. The molecule has 0 heterocycles. The fourth-order valence-corrected chi connectivity index (χ4v) is 3.26. The first-order valence-electron chi connectivity index (χ1n) is 5.99. The predicted octanol–water partition coefficient (Wildman–Crippen LogP) is 3.42. The second kappa shape index (κ2) is 5.88. The van der Waals surface area contributed by atoms with Gasteiger partial charge in [0.1, 0.15) is 0 Å². The molecule has 1 atom stereocenters. The summed E-state index contributed by atoms with van der Waals surface area (Å²) in [7, 11) is -2.90. The van der Waals surface area contributed by atoms with Gasteiger partial charge in [-0.3, -0.25) is 0 Å². The molecule has 0 aliphatic carbocycles. The molecule has 2 nitrogen and oxygen atoms in total. The van der Waals surface area contributed by atoms with Crippen molar-refractivity contribution in [3.63, 3.8) is 0 Å². The topological polar surface area (TPSA) is 34.1 Å². The molecule has 0 bridgehead atoms. The maximum Gasteiger partial charge on any atom is 0.153 e. The Balaban J connectivity index is 4.57. The van der Waals surface area contributed by atoms with Crippen molar-refractivity contribution in [2.24, 2.45) is 5.41 Å². The number of sulfone groups is 1. The third-order valence-electron chi connectivity index (χ3n) is 3.26. The van der Waals surface area contributed by atoms with Gasteiger partial charge in [-0.15, -0.1) is 0 Å². The Morgan fingerprint density at radius 3 is 2.07 bits per heavy atom. The first kappa shape index (κ1) is 14.9. The molecule has 0 radical (unpaired) electrons. The zero-order valence-corrected chi connectivity index (χ0v) is 11.7. The summed E-state index contributed by atoms with van der Waals surface area (Å²) in [6.07, 6.45) is 4.22. The molecule has 0 saturated heterocycles. The maximum absolute atomic E-state index is 11.9. The minimum Gasteiger partial charge on any atom is -0.229 e. The van der Waals surface area contributed by atoms with Crippen molar-refractivity contribution >= 4 is 9.84 Å². The number of hydrogen-bond acceptors (Lipinski definition) is 2. The van der Waals surface area contributed by atoms with Crippen LogP contribution in [0.5, 0.6) is 0 Å². The highest BCUT2D eigenvalue weighted by molar-refractivity contribution is 7.92. The van der Waals surface area contributed by atoms with Crippen LogP contribution in [0.2, 0.25) is 0 Å². The Hall–Kier alpha value is -0.0500. The lowest BCUT2D eigenvalue weighted by atomic mass is 9.84. The largest absolute Gasteiger partial charge is 0.229 e. The van der Waals surface area contributed by atoms with Crippen molar-refractivity contribution < 1.29 is 8.42 Å². The van der Waals surface area contributed by atoms with Crippen molar-refractivity contribution in [2.75, 3.05) is 5.75 Å². The highest BCUT2D eigenvalue weighted by Gasteiger charge is 2.30. The lowest BCUT2D eigenvalue weighted by molar-refractivity contribution is 0.313. The van der Waals surface area contributed by atoms with Crippen LogP contribution in [0.25, 0.3) is 0 Å². The van der Waals surface area contributed by atoms with Gasteiger partial charge in [0.05, 0.1) is 11.0 Å². The van der Waals surface area contributed by atoms with Crippen LogP contribution in [0.1, 0.15) is 60.3 Å². The molecule has 0 rings (SSSR count). The predicted molar refractivity (Wildman–Crippen MR) is 66.8 cm³/mol. The highest BCUT2D eigenvalue weighted by atomic mass is 32.2. The number of hydrogen-bond donors (Lipinski definition) is 0. The van der Waals surface area contributed by atoms with Gasteiger partial charge < -0.3 is 0 Å². The summed E-state index contributed by atoms with van der Waals surface area (Å²) in [4.78, 5) is 0. The normalized spacial score (nSPS) is 16.7. The molecule has 0 aliphatic rings. The van der Waals surface area contributed by atoms with E-state index in [0.717, 1.165) is 25.7 Å². The van der Waals surface area contributed by atoms with Crippen LogP contribution in [0.3, 0.4) is 0 Å². The van der Waals surface area contributed by atoms with Crippen LogP contribution in [-0.4, -0.2) is 19.4 Å². The molecule has 0 aromatic rings. The van der Waals surface area contributed by atoms with E-state index in [9.17, 15) is 8.42 Å². The fourth-order valence-electron chi connectivity index (χ4n) is 1.61. The van der Waals surface area contributed by atoms with Crippen molar-refractivity contribution in [1.29, 1.82) is 0 Å². The van der Waals surface area contributed by atoms with E-state index >= 15 is 0 Å². The second-order valence-electron chi connectivity index (χ2n) is 5.12. The van der Waals surface area contributed by atoms with Crippen LogP contribution < -0.4 is 0 Å². The molecule has 0 saturated carbocycles. The van der Waals surface area contributed by atoms with Crippen molar-refractivity contribution in [3.05, 3.63) is 0 Å². The molecule has 0 aromatic heterocycles. The molecule has 0 fully saturated rings. The second-order valence-corrected chi connectivity index (χ2v) is 7.68. The number of unbranched alkanes of at least 4 members (excludes halogenated alkanes) is 1. The smallest absolute Gasteiger partial charge is 0.153 e. The Morgan fingerprint density at radius 2 is 1.73 bits per heavy atom. The molecular formula is C12H26O2S. The first-order valence-corrected chi connectivity index (χ1v) is 7.70. The van der Waals surface area contributed by atoms with Crippen molar-refractivity contribution in [1.82, 2.24) is 0 Å². The zero-order valence-electron chi connectivity index (χ0n) is 10.8. The minimum atomic E-state index is -2.90. The molecule has 0 spiro atoms. The summed E-state index contributed by atoms with van der Waals surface area (Å²) >= 11 is 0. The van der Waals surface area contributed by atoms with Crippen LogP contribution in [0.15, 0.2) is 0 Å². The molecule has 92 valence electrons. The third-order valence-corrected chi connectivity index (χ3v) is 5.79. The Labute approximate surface area is 95.4 Å². The zero-order chi connectivity index (χ0) is 12.1. The fraction of sp³-hybridized carbons (Fsp3) is 1.00. The van der Waals surface area contributed by atoms with Crippen LogP contribution in [0, 0.1) is 5.41 Å². The Morgan fingerprint density at radius 1 is 1.20 bits per heavy atom. The minimum absolute atomic E-state index is 0.0287. The van der Waals surface area contributed by atoms with E-state index in [-0.39, 0.29) is 10.7 Å². The lowest BCUT2D eigenvalue weighted by Gasteiger charge is -2.28. The van der Waals surface area contributed by atoms with E-state index in [1.54, 1.807) is 13.8 Å². The van der Waals surface area contributed by atoms with E-state index in [0.29, 0.717) is 5.75 Å². The molecular weight excluding hydrogens is 208 g/mol. The molecule has 3 heteroatoms. The van der Waals surface area contributed by atoms with Crippen LogP contribution in [0.4, 0.5) is 0 Å². The molecule has 1 unspecified atom stereocenters. The van der Waals surface area contributed by atoms with Gasteiger partial charge >= 0.3 is 0 Å². The summed E-state index contributed by atoms with van der Waals surface area (Å²) < 4.78 is 23.7. The van der Waals surface area contributed by atoms with Crippen molar-refractivity contribution in [3.8, 4) is 0 Å². The summed E-state index contributed by atoms with van der Waals surface area (Å²) in [5.41, 5.74) is -0.0287. The van der Waals surface area contributed by atoms with Gasteiger partial charge in [-0.2, -0.15) is 0 Å². The van der Waals surface area contributed by atoms with Gasteiger partial charge in [0.2, 0.25) is 0 Å². The average molecular weight is 234 g/mol. The van der Waals surface area contributed by atoms with Crippen LogP contribution in [-0.2, 0) is 9.84 Å². The van der Waals surface area contributed by atoms with E-state index in [4.69, 9.17) is 0 Å². The lowest BCUT2D eigenvalue weighted by Crippen LogP contribution is -2.30. The summed E-state index contributed by atoms with van der Waals surface area (Å²) in [6.45, 7) is 9.87. The third kappa shape index (κ3) is 5.01. The molecule has 0 amide bonds. The molecule has 0 aromatic carbocycles. The Kier molecular flexibility index (Phi) is 5.86. The van der Waals surface area contributed by atoms with Gasteiger partial charge in [-0.05, 0) is 32.1 Å². The van der Waals surface area contributed by atoms with E-state index in [1.807, 2.05) is 0 Å². The average Bonchev–Trinajstić information content (AvgIpc) is 2.14. The SMILES string of the molecule is CCCCC(C)(CC)CS(=O)(=O)C(C)C. The van der Waals surface area contributed by atoms with E-state index < -0.39 is 9.84 Å². The molecule has 0 N–H and O–H groups in total. The van der Waals surface area contributed by atoms with Gasteiger partial charge in [-0.25, -0.2) is 8.42 Å².